The second kappa shape index (κ2) is 10.7. The fourth-order valence-corrected chi connectivity index (χ4v) is 4.63. The molecule has 1 heterocycles. The molecule has 1 N–H and O–H groups in total. The lowest BCUT2D eigenvalue weighted by Gasteiger charge is -2.11. The van der Waals surface area contributed by atoms with E-state index in [9.17, 15) is 25.0 Å². The number of carbonyl (C=O) groups is 1. The number of hydrazone groups is 1. The minimum Gasteiger partial charge on any atom is -0.487 e. The van der Waals surface area contributed by atoms with Crippen LogP contribution in [0.4, 0.5) is 11.4 Å². The van der Waals surface area contributed by atoms with Crippen LogP contribution in [0.3, 0.4) is 0 Å². The van der Waals surface area contributed by atoms with Crippen LogP contribution < -0.4 is 10.2 Å². The maximum Gasteiger partial charge on any atom is 0.307 e. The summed E-state index contributed by atoms with van der Waals surface area (Å²) in [6.07, 6.45) is 1.41. The fourth-order valence-electron chi connectivity index (χ4n) is 3.18. The summed E-state index contributed by atoms with van der Waals surface area (Å²) in [7, 11) is 0. The third kappa shape index (κ3) is 5.75. The highest BCUT2D eigenvalue weighted by Gasteiger charge is 2.15. The van der Waals surface area contributed by atoms with Gasteiger partial charge in [-0.3, -0.25) is 25.0 Å². The summed E-state index contributed by atoms with van der Waals surface area (Å²) in [6, 6.07) is 15.0. The van der Waals surface area contributed by atoms with Crippen LogP contribution in [-0.2, 0) is 6.61 Å². The molecule has 1 amide bonds. The topological polar surface area (TPSA) is 150 Å². The van der Waals surface area contributed by atoms with Gasteiger partial charge >= 0.3 is 5.91 Å². The number of hydrogen-bond acceptors (Lipinski definition) is 8. The first-order chi connectivity index (χ1) is 17.2. The van der Waals surface area contributed by atoms with E-state index in [-0.39, 0.29) is 23.7 Å². The van der Waals surface area contributed by atoms with Crippen LogP contribution in [0.1, 0.15) is 21.7 Å². The molecule has 0 bridgehead atoms. The molecule has 0 saturated heterocycles. The number of rotatable bonds is 8. The van der Waals surface area contributed by atoms with Crippen LogP contribution in [0.15, 0.2) is 79.1 Å². The van der Waals surface area contributed by atoms with E-state index in [1.54, 1.807) is 24.3 Å². The summed E-state index contributed by atoms with van der Waals surface area (Å²) in [6.45, 7) is 0.114. The number of furan rings is 1. The van der Waals surface area contributed by atoms with E-state index in [0.717, 1.165) is 0 Å². The molecule has 1 aromatic heterocycles. The minimum absolute atomic E-state index is 0.0215. The molecule has 0 aliphatic heterocycles. The van der Waals surface area contributed by atoms with E-state index < -0.39 is 15.8 Å². The number of fused-ring (bicyclic) bond motifs is 1. The number of halogens is 2. The van der Waals surface area contributed by atoms with Gasteiger partial charge in [0.2, 0.25) is 0 Å². The number of amides is 1. The maximum absolute atomic E-state index is 12.4. The van der Waals surface area contributed by atoms with E-state index in [0.29, 0.717) is 36.8 Å². The van der Waals surface area contributed by atoms with Gasteiger partial charge in [-0.05, 0) is 67.3 Å². The van der Waals surface area contributed by atoms with Crippen molar-refractivity contribution in [2.24, 2.45) is 5.10 Å². The molecule has 0 aliphatic rings. The minimum atomic E-state index is -0.625. The van der Waals surface area contributed by atoms with Gasteiger partial charge in [-0.2, -0.15) is 5.10 Å². The van der Waals surface area contributed by atoms with E-state index in [4.69, 9.17) is 9.15 Å². The van der Waals surface area contributed by atoms with Gasteiger partial charge in [-0.25, -0.2) is 5.43 Å². The van der Waals surface area contributed by atoms with Gasteiger partial charge in [0.15, 0.2) is 5.76 Å². The second-order valence-corrected chi connectivity index (χ2v) is 9.03. The standard InChI is InChI=1S/C23H14Br2N4O7/c24-18-7-14(8-19(25)22(18)35-12-13-2-1-3-16(6-13)28(31)32)11-26-27-23(30)21-10-15-9-17(29(33)34)4-5-20(15)36-21/h1-11H,12H2,(H,27,30)/b26-11+. The Bertz CT molecular complexity index is 1510. The predicted octanol–water partition coefficient (Wildman–Crippen LogP) is 6.12. The van der Waals surface area contributed by atoms with E-state index >= 15 is 0 Å². The molecule has 0 fully saturated rings. The lowest BCUT2D eigenvalue weighted by Crippen LogP contribution is -2.16. The first-order valence-electron chi connectivity index (χ1n) is 10.1. The summed E-state index contributed by atoms with van der Waals surface area (Å²) in [4.78, 5) is 33.2. The molecule has 0 unspecified atom stereocenters. The Morgan fingerprint density at radius 1 is 1.00 bits per heavy atom. The molecule has 0 spiro atoms. The van der Waals surface area contributed by atoms with Crippen LogP contribution >= 0.6 is 31.9 Å². The van der Waals surface area contributed by atoms with Gasteiger partial charge in [0.05, 0.1) is 25.0 Å². The van der Waals surface area contributed by atoms with Crippen molar-refractivity contribution in [2.45, 2.75) is 6.61 Å². The van der Waals surface area contributed by atoms with Gasteiger partial charge in [-0.1, -0.05) is 12.1 Å². The number of ether oxygens (including phenoxy) is 1. The molecule has 3 aromatic carbocycles. The number of nitrogens with one attached hydrogen (secondary N) is 1. The van der Waals surface area contributed by atoms with Crippen molar-refractivity contribution in [3.05, 3.63) is 107 Å². The lowest BCUT2D eigenvalue weighted by molar-refractivity contribution is -0.385. The zero-order valence-electron chi connectivity index (χ0n) is 18.0. The number of non-ortho nitro benzene ring substituents is 2. The Morgan fingerprint density at radius 2 is 1.69 bits per heavy atom. The van der Waals surface area contributed by atoms with Crippen molar-refractivity contribution in [1.29, 1.82) is 0 Å². The summed E-state index contributed by atoms with van der Waals surface area (Å²) in [5.74, 6) is -0.186. The van der Waals surface area contributed by atoms with Crippen LogP contribution in [0.2, 0.25) is 0 Å². The molecule has 182 valence electrons. The third-order valence-corrected chi connectivity index (χ3v) is 6.02. The van der Waals surface area contributed by atoms with Crippen LogP contribution in [0.25, 0.3) is 11.0 Å². The SMILES string of the molecule is O=C(N/N=C/c1cc(Br)c(OCc2cccc([N+](=O)[O-])c2)c(Br)c1)c1cc2cc([N+](=O)[O-])ccc2o1. The highest BCUT2D eigenvalue weighted by molar-refractivity contribution is 9.11. The predicted molar refractivity (Wildman–Crippen MR) is 137 cm³/mol. The first-order valence-corrected chi connectivity index (χ1v) is 11.7. The van der Waals surface area contributed by atoms with Crippen molar-refractivity contribution in [1.82, 2.24) is 5.43 Å². The Morgan fingerprint density at radius 3 is 2.39 bits per heavy atom. The Hall–Kier alpha value is -4.10. The maximum atomic E-state index is 12.4. The molecule has 36 heavy (non-hydrogen) atoms. The van der Waals surface area contributed by atoms with Gasteiger partial charge in [0.1, 0.15) is 17.9 Å². The quantitative estimate of drug-likeness (QED) is 0.142. The monoisotopic (exact) mass is 616 g/mol. The van der Waals surface area contributed by atoms with Crippen molar-refractivity contribution < 1.29 is 23.8 Å². The van der Waals surface area contributed by atoms with Gasteiger partial charge in [-0.15, -0.1) is 0 Å². The van der Waals surface area contributed by atoms with E-state index in [2.05, 4.69) is 42.4 Å². The van der Waals surface area contributed by atoms with Crippen molar-refractivity contribution in [2.75, 3.05) is 0 Å². The highest BCUT2D eigenvalue weighted by atomic mass is 79.9. The van der Waals surface area contributed by atoms with Crippen molar-refractivity contribution in [3.8, 4) is 5.75 Å². The smallest absolute Gasteiger partial charge is 0.307 e. The molecule has 0 aliphatic carbocycles. The van der Waals surface area contributed by atoms with Gasteiger partial charge in [0, 0.05) is 29.7 Å². The first kappa shape index (κ1) is 25.0. The second-order valence-electron chi connectivity index (χ2n) is 7.32. The summed E-state index contributed by atoms with van der Waals surface area (Å²) < 4.78 is 12.4. The molecule has 11 nitrogen and oxygen atoms in total. The normalized spacial score (nSPS) is 11.1. The zero-order chi connectivity index (χ0) is 25.8. The summed E-state index contributed by atoms with van der Waals surface area (Å²) >= 11 is 6.85. The highest BCUT2D eigenvalue weighted by Crippen LogP contribution is 2.35. The number of nitro benzene ring substituents is 2. The average molecular weight is 618 g/mol. The molecular formula is C23H14Br2N4O7. The van der Waals surface area contributed by atoms with E-state index in [1.165, 1.54) is 42.6 Å². The molecule has 0 radical (unpaired) electrons. The zero-order valence-corrected chi connectivity index (χ0v) is 21.2. The molecular weight excluding hydrogens is 604 g/mol. The van der Waals surface area contributed by atoms with Crippen LogP contribution in [-0.4, -0.2) is 22.0 Å². The van der Waals surface area contributed by atoms with Gasteiger partial charge in [0.25, 0.3) is 11.4 Å². The molecule has 4 aromatic rings. The van der Waals surface area contributed by atoms with Crippen LogP contribution in [0, 0.1) is 20.2 Å². The lowest BCUT2D eigenvalue weighted by atomic mass is 10.2. The average Bonchev–Trinajstić information content (AvgIpc) is 3.27. The molecule has 4 rings (SSSR count). The Balaban J connectivity index is 1.41. The molecule has 0 atom stereocenters. The number of nitro groups is 2. The summed E-state index contributed by atoms with van der Waals surface area (Å²) in [5.41, 5.74) is 3.81. The Kier molecular flexibility index (Phi) is 7.41. The largest absolute Gasteiger partial charge is 0.487 e. The summed E-state index contributed by atoms with van der Waals surface area (Å²) in [5, 5.41) is 26.2. The number of benzene rings is 3. The molecule has 13 heteroatoms. The third-order valence-electron chi connectivity index (χ3n) is 4.84. The van der Waals surface area contributed by atoms with Crippen molar-refractivity contribution in [3.63, 3.8) is 0 Å². The molecule has 0 saturated carbocycles. The van der Waals surface area contributed by atoms with Gasteiger partial charge < -0.3 is 9.15 Å². The number of hydrogen-bond donors (Lipinski definition) is 1. The number of nitrogens with zero attached hydrogens (tertiary/aromatic N) is 3. The fraction of sp³-hybridized carbons (Fsp3) is 0.0435. The number of carbonyl (C=O) groups excluding carboxylic acids is 1. The van der Waals surface area contributed by atoms with Crippen molar-refractivity contribution >= 4 is 66.3 Å². The van der Waals surface area contributed by atoms with Crippen LogP contribution in [0.5, 0.6) is 5.75 Å². The Labute approximate surface area is 219 Å². The van der Waals surface area contributed by atoms with E-state index in [1.807, 2.05) is 0 Å².